The summed E-state index contributed by atoms with van der Waals surface area (Å²) in [4.78, 5) is 78.6. The number of carbonyl (C=O) groups is 3. The number of epoxide rings is 2. The Bertz CT molecular complexity index is 3060. The fraction of sp³-hybridized carbons (Fsp3) is 0.364. The van der Waals surface area contributed by atoms with E-state index < -0.39 is 38.0 Å². The largest absolute Gasteiger partial charge is 0.522 e. The number of aliphatic hydroxyl groups excluding tert-OH is 1. The highest BCUT2D eigenvalue weighted by Gasteiger charge is 2.27. The molecule has 4 saturated heterocycles. The lowest BCUT2D eigenvalue weighted by atomic mass is 10.4. The van der Waals surface area contributed by atoms with Gasteiger partial charge in [0.25, 0.3) is 0 Å². The number of ether oxygens (including phenoxy) is 6. The number of amides is 2. The number of hydrogen-bond acceptors (Lipinski definition) is 27. The van der Waals surface area contributed by atoms with Crippen molar-refractivity contribution in [3.63, 3.8) is 0 Å². The molecule has 4 aliphatic heterocycles. The molecule has 2 amide bonds. The van der Waals surface area contributed by atoms with E-state index >= 15 is 0 Å². The maximum Gasteiger partial charge on any atom is 0.522 e. The molecule has 8 N–H and O–H groups in total. The van der Waals surface area contributed by atoms with Crippen molar-refractivity contribution in [3.05, 3.63) is 151 Å². The normalized spacial score (nSPS) is 16.9. The van der Waals surface area contributed by atoms with Gasteiger partial charge in [-0.05, 0) is 44.3 Å². The van der Waals surface area contributed by atoms with E-state index in [0.29, 0.717) is 44.6 Å². The van der Waals surface area contributed by atoms with Gasteiger partial charge < -0.3 is 96.1 Å². The molecule has 11 heterocycles. The number of aliphatic hydroxyl groups is 1. The van der Waals surface area contributed by atoms with Crippen LogP contribution < -0.4 is 31.6 Å². The number of hydrogen-bond donors (Lipinski definition) is 6. The molecular weight excluding hydrogens is 1100 g/mol. The summed E-state index contributed by atoms with van der Waals surface area (Å²) in [6.07, 6.45) is 9.74. The second kappa shape index (κ2) is 32.3. The van der Waals surface area contributed by atoms with Crippen LogP contribution in [0.2, 0.25) is 0 Å². The maximum atomic E-state index is 11.3. The van der Waals surface area contributed by atoms with Gasteiger partial charge >= 0.3 is 41.6 Å². The molecule has 0 aromatic carbocycles. The monoisotopic (exact) mass is 1150 g/mol. The second-order valence-electron chi connectivity index (χ2n) is 16.4. The first-order valence-corrected chi connectivity index (χ1v) is 24.0. The van der Waals surface area contributed by atoms with Crippen molar-refractivity contribution in [2.24, 2.45) is 5.73 Å². The first kappa shape index (κ1) is 62.2. The molecule has 4 unspecified atom stereocenters. The topological polar surface area (TPSA) is 508 Å². The van der Waals surface area contributed by atoms with Crippen LogP contribution in [0, 0.1) is 40.5 Å². The minimum Gasteiger partial charge on any atom is -0.442 e. The van der Waals surface area contributed by atoms with E-state index in [9.17, 15) is 54.8 Å². The van der Waals surface area contributed by atoms with Crippen molar-refractivity contribution >= 4 is 47.4 Å². The lowest BCUT2D eigenvalue weighted by molar-refractivity contribution is -0.390. The molecule has 7 aromatic rings. The summed E-state index contributed by atoms with van der Waals surface area (Å²) in [5.41, 5.74) is 10.6. The Labute approximate surface area is 462 Å². The van der Waals surface area contributed by atoms with Gasteiger partial charge in [-0.1, -0.05) is 24.2 Å². The Morgan fingerprint density at radius 2 is 1.12 bits per heavy atom. The van der Waals surface area contributed by atoms with Gasteiger partial charge in [0.1, 0.15) is 30.7 Å². The molecule has 0 spiro atoms. The van der Waals surface area contributed by atoms with Gasteiger partial charge in [-0.2, -0.15) is 19.1 Å². The lowest BCUT2D eigenvalue weighted by Crippen LogP contribution is -2.25. The summed E-state index contributed by atoms with van der Waals surface area (Å²) < 4.78 is 35.0. The molecule has 0 aliphatic carbocycles. The van der Waals surface area contributed by atoms with Crippen molar-refractivity contribution in [2.75, 3.05) is 38.6 Å². The number of carbonyl (C=O) groups excluding carboxylic acids is 3. The summed E-state index contributed by atoms with van der Waals surface area (Å²) in [6, 6.07) is 16.9. The summed E-state index contributed by atoms with van der Waals surface area (Å²) in [7, 11) is 0. The van der Waals surface area contributed by atoms with E-state index in [1.54, 1.807) is 59.5 Å². The molecule has 0 bridgehead atoms. The first-order chi connectivity index (χ1) is 39.3. The van der Waals surface area contributed by atoms with Crippen LogP contribution in [0.1, 0.15) is 14.8 Å². The average molecular weight is 1150 g/mol. The molecule has 5 atom stereocenters. The Kier molecular flexibility index (Phi) is 24.5. The lowest BCUT2D eigenvalue weighted by Gasteiger charge is -2.06. The summed E-state index contributed by atoms with van der Waals surface area (Å²) in [5.74, 6) is 0.196. The summed E-state index contributed by atoms with van der Waals surface area (Å²) >= 11 is 0. The molecular formula is C44H56N20O18. The van der Waals surface area contributed by atoms with Crippen molar-refractivity contribution in [2.45, 2.75) is 70.0 Å². The SMILES string of the molecule is CC[C@@H]1CO1.NCC(O)Cn1ccc([N+](=O)[O-])n1.Nc1ccn(CC2CNC(=O)O2)n1.O=C(Oc1ccccn1)Oc1ccccn1.O=C1NCC(Cn2ccc([N+](=O)[O-])n2)O1.O=[N+]([O-])c1ccn(CC2CO2)n1.O=[N+]([O-])c1ccn[nH]1.[HH]. The molecule has 11 rings (SSSR count). The van der Waals surface area contributed by atoms with Crippen LogP contribution >= 0.6 is 0 Å². The molecule has 4 fully saturated rings. The molecule has 0 radical (unpaired) electrons. The number of alkyl carbamates (subject to hydrolysis) is 2. The van der Waals surface area contributed by atoms with E-state index in [2.05, 4.69) is 58.1 Å². The van der Waals surface area contributed by atoms with Gasteiger partial charge in [0.2, 0.25) is 11.8 Å². The Morgan fingerprint density at radius 1 is 0.671 bits per heavy atom. The zero-order valence-electron chi connectivity index (χ0n) is 43.1. The number of aromatic nitrogens is 12. The van der Waals surface area contributed by atoms with E-state index in [-0.39, 0.29) is 74.0 Å². The predicted octanol–water partition coefficient (Wildman–Crippen LogP) is 2.19. The van der Waals surface area contributed by atoms with Crippen LogP contribution in [-0.4, -0.2) is 166 Å². The Morgan fingerprint density at radius 3 is 1.44 bits per heavy atom. The van der Waals surface area contributed by atoms with Gasteiger partial charge in [0, 0.05) is 38.7 Å². The molecule has 38 nitrogen and oxygen atoms in total. The number of anilines is 1. The fourth-order valence-electron chi connectivity index (χ4n) is 5.95. The predicted molar refractivity (Wildman–Crippen MR) is 277 cm³/mol. The zero-order valence-corrected chi connectivity index (χ0v) is 43.1. The van der Waals surface area contributed by atoms with E-state index in [0.717, 1.165) is 13.2 Å². The number of nitrogens with two attached hydrogens (primary N) is 2. The highest BCUT2D eigenvalue weighted by molar-refractivity contribution is 5.69. The van der Waals surface area contributed by atoms with E-state index in [1.165, 1.54) is 75.7 Å². The minimum atomic E-state index is -0.864. The van der Waals surface area contributed by atoms with Crippen LogP contribution in [-0.2, 0) is 45.1 Å². The van der Waals surface area contributed by atoms with Crippen LogP contribution in [0.25, 0.3) is 0 Å². The number of aromatic amines is 1. The number of rotatable bonds is 16. The second-order valence-corrected chi connectivity index (χ2v) is 16.4. The summed E-state index contributed by atoms with van der Waals surface area (Å²) in [5, 5.41) is 75.3. The molecule has 0 saturated carbocycles. The molecule has 4 aliphatic rings. The molecule has 82 heavy (non-hydrogen) atoms. The average Bonchev–Trinajstić information content (AvgIpc) is 3.90. The van der Waals surface area contributed by atoms with Gasteiger partial charge in [0.05, 0.1) is 122 Å². The third-order valence-electron chi connectivity index (χ3n) is 10.0. The number of nitrogens with one attached hydrogen (secondary N) is 3. The third kappa shape index (κ3) is 24.0. The van der Waals surface area contributed by atoms with Gasteiger partial charge in [-0.15, -0.1) is 5.10 Å². The minimum absolute atomic E-state index is 0. The van der Waals surface area contributed by atoms with Crippen molar-refractivity contribution in [3.8, 4) is 11.8 Å². The third-order valence-corrected chi connectivity index (χ3v) is 10.0. The number of nitrogen functional groups attached to an aromatic ring is 1. The van der Waals surface area contributed by atoms with Crippen LogP contribution in [0.3, 0.4) is 0 Å². The molecule has 7 aromatic heterocycles. The quantitative estimate of drug-likeness (QED) is 0.0349. The standard InChI is InChI=1S/C11H8N2O3.C7H8N4O4.C7H10N4O2.C6H10N4O3.C6H7N3O3.C4H8O.C3H3N3O2.H2/c14-11(15-9-5-1-3-7-12-9)16-10-6-2-4-8-13-10;12-7-8-3-5(15-7)4-10-2-1-6(9-10)11(13)14;8-6-1-2-11(10-6)4-5-3-9-7(12)13-5;7-3-5(11)4-9-2-1-6(8-9)10(12)13;10-9(11)6-1-2-8(7-6)3-5-4-12-5;1-2-4-3-5-4;7-6(8)3-1-2-4-5-3;/h1-8H;1-2,5H,3-4H2,(H,8,12);1-2,5H,3-4H2,(H2,8,10)(H,9,12);1-2,5,11H,3-4,7H2;1-2,5H,3-4H2;4H,2-3H2,1H3;1-2H,(H,4,5);1H/t;;;;;4-;;/m.....1../s1. The first-order valence-electron chi connectivity index (χ1n) is 24.0. The van der Waals surface area contributed by atoms with Crippen molar-refractivity contribution < 1.29 is 69.0 Å². The highest BCUT2D eigenvalue weighted by atomic mass is 16.7. The van der Waals surface area contributed by atoms with Gasteiger partial charge in [-0.3, -0.25) is 4.68 Å². The molecule has 38 heteroatoms. The van der Waals surface area contributed by atoms with Gasteiger partial charge in [0.15, 0.2) is 0 Å². The number of H-pyrrole nitrogens is 1. The summed E-state index contributed by atoms with van der Waals surface area (Å²) in [6.45, 7) is 6.53. The van der Waals surface area contributed by atoms with Crippen LogP contribution in [0.5, 0.6) is 11.8 Å². The van der Waals surface area contributed by atoms with Crippen LogP contribution in [0.4, 0.5) is 43.5 Å². The van der Waals surface area contributed by atoms with Crippen molar-refractivity contribution in [1.82, 2.24) is 69.9 Å². The highest BCUT2D eigenvalue weighted by Crippen LogP contribution is 2.14. The van der Waals surface area contributed by atoms with E-state index in [4.69, 9.17) is 45.0 Å². The zero-order chi connectivity index (χ0) is 59.4. The Balaban J connectivity index is 0.000000211. The van der Waals surface area contributed by atoms with Crippen LogP contribution in [0.15, 0.2) is 110 Å². The smallest absolute Gasteiger partial charge is 0.442 e. The number of nitro groups is 4. The maximum absolute atomic E-state index is 11.3. The van der Waals surface area contributed by atoms with E-state index in [1.807, 2.05) is 0 Å². The van der Waals surface area contributed by atoms with Crippen molar-refractivity contribution in [1.29, 1.82) is 0 Å². The fourth-order valence-corrected chi connectivity index (χ4v) is 5.95. The molecule has 440 valence electrons. The Hall–Kier alpha value is -10.6. The number of nitrogens with zero attached hydrogens (tertiary/aromatic N) is 15. The number of cyclic esters (lactones) is 2. The van der Waals surface area contributed by atoms with Gasteiger partial charge in [-0.25, -0.2) is 24.4 Å². The number of pyridine rings is 2.